The van der Waals surface area contributed by atoms with Crippen molar-refractivity contribution in [3.8, 4) is 0 Å². The van der Waals surface area contributed by atoms with E-state index in [0.29, 0.717) is 64.1 Å². The van der Waals surface area contributed by atoms with Crippen molar-refractivity contribution >= 4 is 0 Å². The van der Waals surface area contributed by atoms with Crippen LogP contribution in [0.3, 0.4) is 0 Å². The molecule has 0 saturated heterocycles. The third kappa shape index (κ3) is 135. The van der Waals surface area contributed by atoms with Gasteiger partial charge >= 0.3 is 6.18 Å². The molecule has 0 heterocycles. The Labute approximate surface area is 901 Å². The molecule has 148 heavy (non-hydrogen) atoms. The van der Waals surface area contributed by atoms with Gasteiger partial charge in [-0.25, -0.2) is 0 Å². The van der Waals surface area contributed by atoms with Gasteiger partial charge in [-0.3, -0.25) is 0 Å². The minimum Gasteiger partial charge on any atom is -0.396 e. The van der Waals surface area contributed by atoms with Gasteiger partial charge in [0.05, 0.1) is 139 Å². The molecule has 34 nitrogen and oxygen atoms in total. The van der Waals surface area contributed by atoms with E-state index in [0.717, 1.165) is 225 Å². The Kier molecular flexibility index (Phi) is 182. The van der Waals surface area contributed by atoms with Crippen LogP contribution < -0.4 is 0 Å². The molecule has 0 fully saturated rings. The van der Waals surface area contributed by atoms with Gasteiger partial charge in [0.1, 0.15) is 0 Å². The average Bonchev–Trinajstić information content (AvgIpc) is 0.850. The maximum absolute atomic E-state index is 12.0. The first-order chi connectivity index (χ1) is 70.3. The van der Waals surface area contributed by atoms with Crippen LogP contribution in [-0.2, 0) is 9.47 Å². The van der Waals surface area contributed by atoms with Crippen molar-refractivity contribution in [1.82, 2.24) is 0 Å². The smallest absolute Gasteiger partial charge is 0.389 e. The number of unbranched alkanes of at least 4 members (excludes halogenated alkanes) is 5. The summed E-state index contributed by atoms with van der Waals surface area (Å²) in [7, 11) is 3.15. The maximum Gasteiger partial charge on any atom is 0.389 e. The fourth-order valence-corrected chi connectivity index (χ4v) is 13.4. The molecule has 0 aromatic carbocycles. The number of aliphatic hydroxyl groups excluding tert-OH is 32. The van der Waals surface area contributed by atoms with E-state index in [1.807, 2.05) is 69.2 Å². The summed E-state index contributed by atoms with van der Waals surface area (Å²) in [6.45, 7) is 43.0. The van der Waals surface area contributed by atoms with Gasteiger partial charge < -0.3 is 173 Å². The molecular formula is C111H253F3O34. The van der Waals surface area contributed by atoms with E-state index in [1.54, 1.807) is 21.1 Å². The lowest BCUT2D eigenvalue weighted by atomic mass is 9.81. The molecule has 32 N–H and O–H groups in total. The third-order valence-electron chi connectivity index (χ3n) is 24.5. The highest BCUT2D eigenvalue weighted by Gasteiger charge is 2.41. The van der Waals surface area contributed by atoms with E-state index in [1.165, 1.54) is 6.42 Å². The average molecular weight is 2190 g/mol. The maximum atomic E-state index is 12.0. The predicted molar refractivity (Wildman–Crippen MR) is 596 cm³/mol. The quantitative estimate of drug-likeness (QED) is 0.0251. The van der Waals surface area contributed by atoms with Gasteiger partial charge in [0.2, 0.25) is 0 Å². The number of alkyl halides is 3. The van der Waals surface area contributed by atoms with E-state index in [9.17, 15) is 13.2 Å². The molecule has 0 bridgehead atoms. The molecule has 0 saturated carbocycles. The highest BCUT2D eigenvalue weighted by Crippen LogP contribution is 2.37. The first-order valence-corrected chi connectivity index (χ1v) is 55.9. The summed E-state index contributed by atoms with van der Waals surface area (Å²) < 4.78 is 45.3. The van der Waals surface area contributed by atoms with Crippen molar-refractivity contribution in [2.75, 3.05) is 239 Å². The first kappa shape index (κ1) is 185. The SMILES string of the molecule is CC(CCO)CCO.CCCC(C)(CO)CO.CCCC(C)(CO)CO.CCCC(CC)(CO)CO.CCCC(CCO)CCO.CCCC(CO)(CO)CC(F)(F)F.CCCC(CO)(CO)CCC.CCCC(CO)(CO)CCC.CCCC(CO)(CO)CO.CCCC(CO)CO.CCCCC(CO)(CO)CO.CCCCC(CO)CO.CCCCCO.CCCCO.CCCO.COCCC(CO)CO.COCCO. The van der Waals surface area contributed by atoms with E-state index < -0.39 is 42.1 Å². The number of rotatable bonds is 73. The van der Waals surface area contributed by atoms with Crippen molar-refractivity contribution < 1.29 is 186 Å². The minimum atomic E-state index is -4.33. The topological polar surface area (TPSA) is 666 Å². The second-order valence-electron chi connectivity index (χ2n) is 39.6. The first-order valence-electron chi connectivity index (χ1n) is 55.9. The standard InChI is InChI=1S/2C9H20O2.C8H15F3O2.C8H18O3.2C8H18O2.C7H16O3.3C7H16O2.C6H14O3.2C6H14O2.C5H12O.C4H10O.C3H8O2.C3H8O/c2*1-3-5-9(7-10,8-11)6-4-2;1-2-3-7(5-12,6-13)4-8(9,10)11;1-2-3-4-8(5-9,6-10)7-11;1-3-5-8(4-2,6-9)7-10;1-2-3-8(4-6-9)5-7-10;1-2-3-7(4-8,5-9)6-10;2*1-3-4-7(2,5-8)6-9;1-2-3-4-7(5-8)6-9;1-9-3-2-6(4-7)5-8;1-6(2-4-7)3-5-8;1-2-3-6(4-7)5-8;1-2-3-4-5-6;1-2-3-4-5;1-5-3-2-4;1-2-3-4/h2*10-11H,3-8H2,1-2H3;12-13H,2-6H2,1H3;9-11H,2-7H2,1H3;9-10H,3-7H2,1-2H3;8-10H,2-7H2,1H3;8-10H,2-6H2,1H3;2*8-9H,3-6H2,1-2H3;7-9H,2-6H2,1H3;6-8H,2-5H2,1H3;2*6-8H,2-5H2,1H3;6H,2-5H2,1H3;5H,2-4H2,1H3;4H,2-3H2,1H3;4H,2-3H2,1H3. The Hall–Kier alpha value is -1.57. The Bertz CT molecular complexity index is 2010. The van der Waals surface area contributed by atoms with E-state index in [-0.39, 0.29) is 230 Å². The Morgan fingerprint density at radius 3 is 0.608 bits per heavy atom. The van der Waals surface area contributed by atoms with Gasteiger partial charge in [-0.05, 0) is 147 Å². The summed E-state index contributed by atoms with van der Waals surface area (Å²) in [6.07, 6.45) is 31.5. The lowest BCUT2D eigenvalue weighted by Crippen LogP contribution is -2.35. The van der Waals surface area contributed by atoms with Crippen LogP contribution in [0.15, 0.2) is 0 Å². The third-order valence-corrected chi connectivity index (χ3v) is 24.5. The van der Waals surface area contributed by atoms with Crippen molar-refractivity contribution in [3.63, 3.8) is 0 Å². The number of ether oxygens (including phenoxy) is 2. The number of methoxy groups -OCH3 is 2. The second kappa shape index (κ2) is 145. The van der Waals surface area contributed by atoms with Gasteiger partial charge in [0.15, 0.2) is 0 Å². The number of aliphatic hydroxyl groups is 32. The molecule has 0 spiro atoms. The van der Waals surface area contributed by atoms with Gasteiger partial charge in [-0.1, -0.05) is 260 Å². The highest BCUT2D eigenvalue weighted by atomic mass is 19.4. The van der Waals surface area contributed by atoms with Gasteiger partial charge in [0.25, 0.3) is 0 Å². The van der Waals surface area contributed by atoms with Crippen LogP contribution in [0.1, 0.15) is 402 Å². The summed E-state index contributed by atoms with van der Waals surface area (Å²) in [5.41, 5.74) is -3.84. The minimum absolute atomic E-state index is 0.00931. The number of hydrogen-bond acceptors (Lipinski definition) is 34. The van der Waals surface area contributed by atoms with E-state index >= 15 is 0 Å². The van der Waals surface area contributed by atoms with Gasteiger partial charge in [0, 0.05) is 168 Å². The van der Waals surface area contributed by atoms with E-state index in [4.69, 9.17) is 168 Å². The van der Waals surface area contributed by atoms with Crippen LogP contribution in [0.25, 0.3) is 0 Å². The highest BCUT2D eigenvalue weighted by molar-refractivity contribution is 4.82. The zero-order valence-corrected chi connectivity index (χ0v) is 98.7. The molecule has 0 aromatic rings. The number of hydrogen-bond donors (Lipinski definition) is 32. The molecule has 0 aliphatic heterocycles. The Balaban J connectivity index is -0.0000000826. The van der Waals surface area contributed by atoms with Gasteiger partial charge in [-0.15, -0.1) is 0 Å². The Morgan fingerprint density at radius 2 is 0.446 bits per heavy atom. The molecule has 0 aliphatic rings. The number of halogens is 3. The van der Waals surface area contributed by atoms with Crippen LogP contribution in [-0.4, -0.2) is 408 Å². The molecular weight excluding hydrogens is 1930 g/mol. The van der Waals surface area contributed by atoms with Crippen LogP contribution in [0.4, 0.5) is 13.2 Å². The van der Waals surface area contributed by atoms with Gasteiger partial charge in [-0.2, -0.15) is 13.2 Å². The van der Waals surface area contributed by atoms with Crippen molar-refractivity contribution in [3.05, 3.63) is 0 Å². The molecule has 0 radical (unpaired) electrons. The largest absolute Gasteiger partial charge is 0.396 e. The van der Waals surface area contributed by atoms with Crippen LogP contribution in [0, 0.1) is 72.9 Å². The zero-order chi connectivity index (χ0) is 119. The van der Waals surface area contributed by atoms with Crippen LogP contribution in [0.5, 0.6) is 0 Å². The molecule has 922 valence electrons. The van der Waals surface area contributed by atoms with Crippen LogP contribution in [0.2, 0.25) is 0 Å². The van der Waals surface area contributed by atoms with Crippen LogP contribution >= 0.6 is 0 Å². The summed E-state index contributed by atoms with van der Waals surface area (Å²) in [4.78, 5) is 0. The summed E-state index contributed by atoms with van der Waals surface area (Å²) in [6, 6.07) is 0. The molecule has 0 amide bonds. The summed E-state index contributed by atoms with van der Waals surface area (Å²) in [5.74, 6) is 1.21. The lowest BCUT2D eigenvalue weighted by Gasteiger charge is -2.30. The molecule has 0 aliphatic carbocycles. The zero-order valence-electron chi connectivity index (χ0n) is 98.7. The normalized spacial score (nSPS) is 11.2. The monoisotopic (exact) mass is 2190 g/mol. The van der Waals surface area contributed by atoms with Crippen molar-refractivity contribution in [1.29, 1.82) is 0 Å². The predicted octanol–water partition coefficient (Wildman–Crippen LogP) is 11.7. The molecule has 0 rings (SSSR count). The molecule has 37 heteroatoms. The fraction of sp³-hybridized carbons (Fsp3) is 1.00. The molecule has 0 aromatic heterocycles. The molecule has 0 unspecified atom stereocenters. The van der Waals surface area contributed by atoms with E-state index in [2.05, 4.69) is 67.1 Å². The lowest BCUT2D eigenvalue weighted by molar-refractivity contribution is -0.171. The van der Waals surface area contributed by atoms with Crippen molar-refractivity contribution in [2.45, 2.75) is 408 Å². The Morgan fingerprint density at radius 1 is 0.196 bits per heavy atom. The fourth-order valence-electron chi connectivity index (χ4n) is 13.4. The molecule has 0 atom stereocenters. The summed E-state index contributed by atoms with van der Waals surface area (Å²) in [5, 5.41) is 277. The second-order valence-corrected chi connectivity index (χ2v) is 39.6. The summed E-state index contributed by atoms with van der Waals surface area (Å²) >= 11 is 0. The van der Waals surface area contributed by atoms with Crippen molar-refractivity contribution in [2.24, 2.45) is 72.9 Å².